The molecular formula is C24H24ClNO4. The van der Waals surface area contributed by atoms with Gasteiger partial charge in [0.1, 0.15) is 5.60 Å². The van der Waals surface area contributed by atoms with Crippen LogP contribution in [-0.2, 0) is 25.7 Å². The SMILES string of the molecule is CC(C)(C)OC(=O)[C@@H]1[C@@H](c2ccc(Cl)cc2)[C@]12CN(Cc1ccccc1)C(=O)C2=O. The van der Waals surface area contributed by atoms with Gasteiger partial charge in [0.05, 0.1) is 11.3 Å². The Kier molecular flexibility index (Phi) is 4.97. The first-order chi connectivity index (χ1) is 14.1. The summed E-state index contributed by atoms with van der Waals surface area (Å²) in [4.78, 5) is 40.6. The van der Waals surface area contributed by atoms with E-state index in [1.54, 1.807) is 37.8 Å². The van der Waals surface area contributed by atoms with E-state index in [9.17, 15) is 14.4 Å². The second kappa shape index (κ2) is 7.24. The fourth-order valence-corrected chi connectivity index (χ4v) is 4.65. The summed E-state index contributed by atoms with van der Waals surface area (Å²) in [7, 11) is 0. The van der Waals surface area contributed by atoms with Crippen molar-refractivity contribution in [2.45, 2.75) is 38.8 Å². The zero-order valence-electron chi connectivity index (χ0n) is 17.2. The van der Waals surface area contributed by atoms with Gasteiger partial charge in [-0.2, -0.15) is 0 Å². The molecule has 30 heavy (non-hydrogen) atoms. The van der Waals surface area contributed by atoms with Gasteiger partial charge in [-0.05, 0) is 44.0 Å². The van der Waals surface area contributed by atoms with Crippen LogP contribution in [0.5, 0.6) is 0 Å². The summed E-state index contributed by atoms with van der Waals surface area (Å²) in [6.45, 7) is 5.92. The Bertz CT molecular complexity index is 996. The van der Waals surface area contributed by atoms with E-state index >= 15 is 0 Å². The number of benzene rings is 2. The van der Waals surface area contributed by atoms with Crippen LogP contribution >= 0.6 is 11.6 Å². The number of carbonyl (C=O) groups is 3. The fraction of sp³-hybridized carbons (Fsp3) is 0.375. The quantitative estimate of drug-likeness (QED) is 0.548. The van der Waals surface area contributed by atoms with E-state index in [1.165, 1.54) is 0 Å². The van der Waals surface area contributed by atoms with Crippen LogP contribution in [0.3, 0.4) is 0 Å². The Labute approximate surface area is 181 Å². The molecule has 4 rings (SSSR count). The summed E-state index contributed by atoms with van der Waals surface area (Å²) >= 11 is 6.02. The summed E-state index contributed by atoms with van der Waals surface area (Å²) in [5.74, 6) is -2.57. The number of ketones is 1. The van der Waals surface area contributed by atoms with Gasteiger partial charge in [-0.15, -0.1) is 0 Å². The Morgan fingerprint density at radius 2 is 1.73 bits per heavy atom. The highest BCUT2D eigenvalue weighted by atomic mass is 35.5. The lowest BCUT2D eigenvalue weighted by Gasteiger charge is -2.20. The Hall–Kier alpha value is -2.66. The molecule has 0 radical (unpaired) electrons. The molecule has 5 nitrogen and oxygen atoms in total. The van der Waals surface area contributed by atoms with Crippen LogP contribution in [0.2, 0.25) is 5.02 Å². The summed E-state index contributed by atoms with van der Waals surface area (Å²) in [5.41, 5.74) is -0.00537. The molecule has 1 saturated heterocycles. The van der Waals surface area contributed by atoms with Gasteiger partial charge in [-0.3, -0.25) is 14.4 Å². The third-order valence-corrected chi connectivity index (χ3v) is 6.05. The molecule has 156 valence electrons. The van der Waals surface area contributed by atoms with Gasteiger partial charge in [0.25, 0.3) is 5.91 Å². The van der Waals surface area contributed by atoms with Crippen LogP contribution in [0.4, 0.5) is 0 Å². The number of esters is 1. The van der Waals surface area contributed by atoms with Crippen molar-refractivity contribution in [3.63, 3.8) is 0 Å². The number of rotatable bonds is 4. The first kappa shape index (κ1) is 20.6. The van der Waals surface area contributed by atoms with Crippen molar-refractivity contribution in [3.05, 3.63) is 70.7 Å². The predicted molar refractivity (Wildman–Crippen MR) is 113 cm³/mol. The molecular weight excluding hydrogens is 402 g/mol. The number of carbonyl (C=O) groups excluding carboxylic acids is 3. The van der Waals surface area contributed by atoms with Gasteiger partial charge >= 0.3 is 5.97 Å². The summed E-state index contributed by atoms with van der Waals surface area (Å²) in [6.07, 6.45) is 0. The summed E-state index contributed by atoms with van der Waals surface area (Å²) in [5, 5.41) is 0.571. The molecule has 2 aromatic rings. The maximum atomic E-state index is 13.2. The Morgan fingerprint density at radius 1 is 1.10 bits per heavy atom. The number of ether oxygens (including phenoxy) is 1. The predicted octanol–water partition coefficient (Wildman–Crippen LogP) is 3.99. The first-order valence-electron chi connectivity index (χ1n) is 9.99. The summed E-state index contributed by atoms with van der Waals surface area (Å²) in [6, 6.07) is 16.6. The highest BCUT2D eigenvalue weighted by Gasteiger charge is 2.78. The lowest BCUT2D eigenvalue weighted by atomic mass is 9.96. The van der Waals surface area contributed by atoms with Crippen LogP contribution < -0.4 is 0 Å². The molecule has 1 saturated carbocycles. The van der Waals surface area contributed by atoms with Gasteiger partial charge in [0.2, 0.25) is 5.78 Å². The van der Waals surface area contributed by atoms with Crippen molar-refractivity contribution in [1.29, 1.82) is 0 Å². The monoisotopic (exact) mass is 425 g/mol. The molecule has 2 aromatic carbocycles. The molecule has 0 bridgehead atoms. The van der Waals surface area contributed by atoms with E-state index in [4.69, 9.17) is 16.3 Å². The van der Waals surface area contributed by atoms with E-state index in [2.05, 4.69) is 0 Å². The molecule has 2 fully saturated rings. The van der Waals surface area contributed by atoms with E-state index in [-0.39, 0.29) is 6.54 Å². The van der Waals surface area contributed by atoms with Gasteiger partial charge < -0.3 is 9.64 Å². The minimum Gasteiger partial charge on any atom is -0.460 e. The van der Waals surface area contributed by atoms with Crippen molar-refractivity contribution in [3.8, 4) is 0 Å². The molecule has 1 amide bonds. The van der Waals surface area contributed by atoms with Crippen LogP contribution in [-0.4, -0.2) is 34.7 Å². The zero-order chi connectivity index (χ0) is 21.7. The maximum absolute atomic E-state index is 13.2. The number of hydrogen-bond donors (Lipinski definition) is 0. The smallest absolute Gasteiger partial charge is 0.311 e. The number of halogens is 1. The van der Waals surface area contributed by atoms with Crippen molar-refractivity contribution in [1.82, 2.24) is 4.90 Å². The van der Waals surface area contributed by atoms with Crippen LogP contribution in [0.15, 0.2) is 54.6 Å². The fourth-order valence-electron chi connectivity index (χ4n) is 4.52. The second-order valence-corrected chi connectivity index (χ2v) is 9.49. The average Bonchev–Trinajstić information content (AvgIpc) is 3.29. The van der Waals surface area contributed by atoms with Crippen molar-refractivity contribution in [2.75, 3.05) is 6.54 Å². The molecule has 0 N–H and O–H groups in total. The van der Waals surface area contributed by atoms with E-state index in [1.807, 2.05) is 42.5 Å². The van der Waals surface area contributed by atoms with Crippen LogP contribution in [0.25, 0.3) is 0 Å². The van der Waals surface area contributed by atoms with E-state index < -0.39 is 40.5 Å². The number of likely N-dealkylation sites (tertiary alicyclic amines) is 1. The van der Waals surface area contributed by atoms with E-state index in [0.717, 1.165) is 11.1 Å². The molecule has 1 heterocycles. The maximum Gasteiger partial charge on any atom is 0.311 e. The highest BCUT2D eigenvalue weighted by molar-refractivity contribution is 6.42. The highest BCUT2D eigenvalue weighted by Crippen LogP contribution is 2.68. The lowest BCUT2D eigenvalue weighted by Crippen LogP contribution is -2.28. The summed E-state index contributed by atoms with van der Waals surface area (Å²) < 4.78 is 5.61. The third kappa shape index (κ3) is 3.52. The zero-order valence-corrected chi connectivity index (χ0v) is 18.0. The van der Waals surface area contributed by atoms with Gasteiger partial charge in [-0.1, -0.05) is 54.1 Å². The van der Waals surface area contributed by atoms with Gasteiger partial charge in [-0.25, -0.2) is 0 Å². The molecule has 6 heteroatoms. The number of hydrogen-bond acceptors (Lipinski definition) is 4. The number of Topliss-reactive ketones (excluding diaryl/α,β-unsaturated/α-hetero) is 1. The van der Waals surface area contributed by atoms with E-state index in [0.29, 0.717) is 11.6 Å². The standard InChI is InChI=1S/C24H24ClNO4/c1-23(2,3)30-22(29)19-18(16-9-11-17(25)12-10-16)24(19)14-26(21(28)20(24)27)13-15-7-5-4-6-8-15/h4-12,18-19H,13-14H2,1-3H3/t18-,19+,24-/m1/s1. The van der Waals surface area contributed by atoms with Crippen LogP contribution in [0, 0.1) is 11.3 Å². The van der Waals surface area contributed by atoms with Crippen molar-refractivity contribution in [2.24, 2.45) is 11.3 Å². The number of amides is 1. The van der Waals surface area contributed by atoms with Crippen molar-refractivity contribution >= 4 is 29.3 Å². The average molecular weight is 426 g/mol. The minimum atomic E-state index is -1.08. The first-order valence-corrected chi connectivity index (χ1v) is 10.4. The topological polar surface area (TPSA) is 63.7 Å². The largest absolute Gasteiger partial charge is 0.460 e. The molecule has 1 aliphatic heterocycles. The molecule has 1 aliphatic carbocycles. The van der Waals surface area contributed by atoms with Crippen molar-refractivity contribution < 1.29 is 19.1 Å². The van der Waals surface area contributed by atoms with Gasteiger partial charge in [0, 0.05) is 24.0 Å². The van der Waals surface area contributed by atoms with Gasteiger partial charge in [0.15, 0.2) is 0 Å². The Morgan fingerprint density at radius 3 is 2.33 bits per heavy atom. The third-order valence-electron chi connectivity index (χ3n) is 5.80. The molecule has 0 unspecified atom stereocenters. The Balaban J connectivity index is 1.67. The molecule has 0 aromatic heterocycles. The van der Waals surface area contributed by atoms with Crippen LogP contribution in [0.1, 0.15) is 37.8 Å². The molecule has 1 spiro atoms. The number of nitrogens with zero attached hydrogens (tertiary/aromatic N) is 1. The normalized spacial score (nSPS) is 25.7. The minimum absolute atomic E-state index is 0.205. The second-order valence-electron chi connectivity index (χ2n) is 9.06. The molecule has 3 atom stereocenters. The molecule has 2 aliphatic rings. The lowest BCUT2D eigenvalue weighted by molar-refractivity contribution is -0.158.